The molecule has 5 amide bonds. The molecule has 1 aromatic heterocycles. The number of ether oxygens (including phenoxy) is 2. The minimum Gasteiger partial charge on any atom is -0.507 e. The van der Waals surface area contributed by atoms with Crippen molar-refractivity contribution in [3.63, 3.8) is 0 Å². The molecule has 0 radical (unpaired) electrons. The molecular weight excluding hydrogens is 816 g/mol. The Morgan fingerprint density at radius 2 is 1.72 bits per heavy atom. The summed E-state index contributed by atoms with van der Waals surface area (Å²) in [6.45, 7) is 3.08. The van der Waals surface area contributed by atoms with Crippen LogP contribution in [0.4, 0.5) is 20.5 Å². The molecule has 0 spiro atoms. The third kappa shape index (κ3) is 9.43. The Labute approximate surface area is 355 Å². The molecule has 2 fully saturated rings. The van der Waals surface area contributed by atoms with Gasteiger partial charge in [0.15, 0.2) is 5.82 Å². The number of nitrogens with one attached hydrogen (secondary N) is 2. The van der Waals surface area contributed by atoms with Crippen LogP contribution in [0.1, 0.15) is 71.2 Å². The molecule has 3 aliphatic heterocycles. The zero-order valence-electron chi connectivity index (χ0n) is 33.6. The Kier molecular flexibility index (Phi) is 13.7. The number of aryl methyl sites for hydroxylation is 1. The van der Waals surface area contributed by atoms with Crippen LogP contribution >= 0.6 is 11.6 Å². The number of nitrogens with zero attached hydrogens (tertiary/aromatic N) is 5. The van der Waals surface area contributed by atoms with Crippen molar-refractivity contribution in [1.29, 1.82) is 0 Å². The average Bonchev–Trinajstić information content (AvgIpc) is 3.50. The highest BCUT2D eigenvalue weighted by Gasteiger charge is 2.45. The summed E-state index contributed by atoms with van der Waals surface area (Å²) in [4.78, 5) is 76.9. The van der Waals surface area contributed by atoms with Crippen LogP contribution in [0.15, 0.2) is 42.5 Å². The predicted molar refractivity (Wildman–Crippen MR) is 221 cm³/mol. The molecule has 4 heterocycles. The van der Waals surface area contributed by atoms with Crippen LogP contribution in [0, 0.1) is 11.6 Å². The van der Waals surface area contributed by atoms with Crippen molar-refractivity contribution in [2.45, 2.75) is 57.4 Å². The molecule has 18 heteroatoms. The summed E-state index contributed by atoms with van der Waals surface area (Å²) in [5.74, 6) is -3.99. The predicted octanol–water partition coefficient (Wildman–Crippen LogP) is 5.25. The van der Waals surface area contributed by atoms with E-state index in [1.807, 2.05) is 4.90 Å². The smallest absolute Gasteiger partial charge is 0.262 e. The summed E-state index contributed by atoms with van der Waals surface area (Å²) in [5.41, 5.74) is 0.423. The summed E-state index contributed by atoms with van der Waals surface area (Å²) < 4.78 is 42.5. The lowest BCUT2D eigenvalue weighted by Gasteiger charge is -2.29. The van der Waals surface area contributed by atoms with E-state index in [1.54, 1.807) is 25.2 Å². The molecular formula is C43H46ClF2N7O8. The van der Waals surface area contributed by atoms with Crippen molar-refractivity contribution in [3.05, 3.63) is 75.8 Å². The lowest BCUT2D eigenvalue weighted by Crippen LogP contribution is -2.54. The summed E-state index contributed by atoms with van der Waals surface area (Å²) >= 11 is 6.54. The molecule has 0 bridgehead atoms. The average molecular weight is 862 g/mol. The number of anilines is 2. The molecule has 7 rings (SSSR count). The van der Waals surface area contributed by atoms with Crippen molar-refractivity contribution in [2.75, 3.05) is 69.9 Å². The van der Waals surface area contributed by atoms with Gasteiger partial charge in [-0.2, -0.15) is 4.98 Å². The Hall–Kier alpha value is -5.78. The number of carbonyl (C=O) groups is 5. The van der Waals surface area contributed by atoms with Gasteiger partial charge in [-0.25, -0.2) is 13.8 Å². The van der Waals surface area contributed by atoms with Crippen molar-refractivity contribution in [3.8, 4) is 16.9 Å². The summed E-state index contributed by atoms with van der Waals surface area (Å²) in [6, 6.07) is 9.18. The number of likely N-dealkylation sites (N-methyl/N-ethyl adjacent to an activating group) is 1. The molecule has 61 heavy (non-hydrogen) atoms. The molecule has 322 valence electrons. The fourth-order valence-electron chi connectivity index (χ4n) is 7.87. The van der Waals surface area contributed by atoms with E-state index in [-0.39, 0.29) is 83.7 Å². The Bertz CT molecular complexity index is 2340. The number of hydrogen-bond donors (Lipinski definition) is 3. The Balaban J connectivity index is 0.853. The SMILES string of the molecule is CN(CCOCCOCCCc1cccc2c1C(=O)N(C1CCC(=O)NC1=O)C2=O)C(=O)CCNc1nc(N2CCCCC2)c2cc(Cl)c(-c3c(O)cccc3F)c(F)c2n1. The number of aromatic nitrogens is 2. The summed E-state index contributed by atoms with van der Waals surface area (Å²) in [5, 5.41) is 15.9. The molecule has 3 aliphatic rings. The number of phenolic OH excluding ortho intramolecular Hbond substituents is 1. The van der Waals surface area contributed by atoms with Gasteiger partial charge in [-0.3, -0.25) is 34.2 Å². The van der Waals surface area contributed by atoms with Crippen molar-refractivity contribution >= 4 is 63.8 Å². The Morgan fingerprint density at radius 3 is 2.48 bits per heavy atom. The van der Waals surface area contributed by atoms with E-state index in [2.05, 4.69) is 15.6 Å². The minimum atomic E-state index is -1.02. The van der Waals surface area contributed by atoms with Crippen molar-refractivity contribution in [2.24, 2.45) is 0 Å². The first-order valence-electron chi connectivity index (χ1n) is 20.3. The van der Waals surface area contributed by atoms with Gasteiger partial charge in [0.1, 0.15) is 28.9 Å². The maximum Gasteiger partial charge on any atom is 0.262 e. The maximum absolute atomic E-state index is 16.3. The zero-order valence-corrected chi connectivity index (χ0v) is 34.4. The first-order chi connectivity index (χ1) is 29.4. The van der Waals surface area contributed by atoms with E-state index >= 15 is 4.39 Å². The van der Waals surface area contributed by atoms with Gasteiger partial charge in [-0.05, 0) is 68.4 Å². The second-order valence-electron chi connectivity index (χ2n) is 15.1. The van der Waals surface area contributed by atoms with Gasteiger partial charge in [-0.1, -0.05) is 29.8 Å². The van der Waals surface area contributed by atoms with E-state index < -0.39 is 47.1 Å². The van der Waals surface area contributed by atoms with Crippen LogP contribution in [0.5, 0.6) is 5.75 Å². The van der Waals surface area contributed by atoms with Gasteiger partial charge in [0.2, 0.25) is 23.7 Å². The van der Waals surface area contributed by atoms with Crippen LogP contribution < -0.4 is 15.5 Å². The summed E-state index contributed by atoms with van der Waals surface area (Å²) in [6.07, 6.45) is 4.15. The highest BCUT2D eigenvalue weighted by Crippen LogP contribution is 2.43. The number of hydrogen-bond acceptors (Lipinski definition) is 12. The highest BCUT2D eigenvalue weighted by molar-refractivity contribution is 6.34. The van der Waals surface area contributed by atoms with Gasteiger partial charge in [0.05, 0.1) is 41.5 Å². The highest BCUT2D eigenvalue weighted by atomic mass is 35.5. The van der Waals surface area contributed by atoms with Crippen molar-refractivity contribution in [1.82, 2.24) is 25.1 Å². The number of carbonyl (C=O) groups excluding carboxylic acids is 5. The fourth-order valence-corrected chi connectivity index (χ4v) is 8.16. The number of piperidine rings is 2. The zero-order chi connectivity index (χ0) is 43.2. The van der Waals surface area contributed by atoms with E-state index in [0.29, 0.717) is 62.5 Å². The van der Waals surface area contributed by atoms with Crippen LogP contribution in [0.25, 0.3) is 22.0 Å². The first kappa shape index (κ1) is 43.3. The van der Waals surface area contributed by atoms with E-state index in [0.717, 1.165) is 30.2 Å². The van der Waals surface area contributed by atoms with E-state index in [9.17, 15) is 33.5 Å². The normalized spacial score (nSPS) is 16.6. The van der Waals surface area contributed by atoms with Crippen LogP contribution in [0.2, 0.25) is 5.02 Å². The second kappa shape index (κ2) is 19.3. The lowest BCUT2D eigenvalue weighted by atomic mass is 9.99. The van der Waals surface area contributed by atoms with Gasteiger partial charge >= 0.3 is 0 Å². The standard InChI is InChI=1S/C43H46ClF2N7O8/c1-51(19-21-61-23-22-60-20-7-9-25-8-5-10-26-34(25)42(59)53(41(26)58)30-13-14-32(55)48-40(30)57)33(56)15-16-47-43-49-38-27(39(50-43)52-17-3-2-4-18-52)24-28(44)35(37(38)46)36-29(45)11-6-12-31(36)54/h5-6,8,10-12,24,30,54H,2-4,7,9,13-23H2,1H3,(H,47,49,50)(H,48,55,57). The Morgan fingerprint density at radius 1 is 0.967 bits per heavy atom. The van der Waals surface area contributed by atoms with Gasteiger partial charge in [0.25, 0.3) is 11.8 Å². The van der Waals surface area contributed by atoms with Crippen LogP contribution in [-0.2, 0) is 30.3 Å². The topological polar surface area (TPSA) is 184 Å². The second-order valence-corrected chi connectivity index (χ2v) is 15.5. The lowest BCUT2D eigenvalue weighted by molar-refractivity contribution is -0.136. The van der Waals surface area contributed by atoms with Gasteiger partial charge in [0, 0.05) is 63.6 Å². The maximum atomic E-state index is 16.3. The molecule has 2 saturated heterocycles. The minimum absolute atomic E-state index is 0.0500. The monoisotopic (exact) mass is 861 g/mol. The quantitative estimate of drug-likeness (QED) is 0.0928. The van der Waals surface area contributed by atoms with E-state index in [4.69, 9.17) is 26.1 Å². The number of phenols is 1. The molecule has 0 aliphatic carbocycles. The number of rotatable bonds is 17. The molecule has 15 nitrogen and oxygen atoms in total. The molecule has 3 aromatic carbocycles. The third-order valence-corrected chi connectivity index (χ3v) is 11.3. The van der Waals surface area contributed by atoms with Crippen LogP contribution in [-0.4, -0.2) is 120 Å². The molecule has 1 atom stereocenters. The number of fused-ring (bicyclic) bond motifs is 2. The fraction of sp³-hybridized carbons (Fsp3) is 0.419. The largest absolute Gasteiger partial charge is 0.507 e. The number of halogens is 3. The number of imide groups is 2. The first-order valence-corrected chi connectivity index (χ1v) is 20.7. The van der Waals surface area contributed by atoms with Crippen molar-refractivity contribution < 1.29 is 47.3 Å². The summed E-state index contributed by atoms with van der Waals surface area (Å²) in [7, 11) is 1.66. The number of benzene rings is 3. The van der Waals surface area contributed by atoms with Gasteiger partial charge in [-0.15, -0.1) is 0 Å². The number of aromatic hydroxyl groups is 1. The molecule has 3 N–H and O–H groups in total. The third-order valence-electron chi connectivity index (χ3n) is 11.0. The van der Waals surface area contributed by atoms with Crippen LogP contribution in [0.3, 0.4) is 0 Å². The molecule has 4 aromatic rings. The van der Waals surface area contributed by atoms with E-state index in [1.165, 1.54) is 23.1 Å². The number of amides is 5. The molecule has 0 saturated carbocycles. The molecule has 1 unspecified atom stereocenters. The van der Waals surface area contributed by atoms with Gasteiger partial charge < -0.3 is 29.7 Å².